The Hall–Kier alpha value is -0.410. The van der Waals surface area contributed by atoms with Gasteiger partial charge in [0.05, 0.1) is 6.10 Å². The maximum atomic E-state index is 11.0. The van der Waals surface area contributed by atoms with Crippen LogP contribution in [0.2, 0.25) is 0 Å². The second kappa shape index (κ2) is 2.91. The van der Waals surface area contributed by atoms with E-state index in [1.54, 1.807) is 0 Å². The molecule has 0 spiro atoms. The number of ether oxygens (including phenoxy) is 1. The van der Waals surface area contributed by atoms with Crippen molar-refractivity contribution in [1.82, 2.24) is 5.32 Å². The standard InChI is InChI=1S/C8H13NO2/c10-7-3-6-4-9-2-1-8(6)11-5-7/h6,8-9H,1-5H2/t6-,8+/m1/s1. The molecule has 2 fully saturated rings. The summed E-state index contributed by atoms with van der Waals surface area (Å²) in [5.41, 5.74) is 0. The fraction of sp³-hybridized carbons (Fsp3) is 0.875. The van der Waals surface area contributed by atoms with E-state index in [1.165, 1.54) is 0 Å². The van der Waals surface area contributed by atoms with Crippen LogP contribution >= 0.6 is 0 Å². The van der Waals surface area contributed by atoms with Gasteiger partial charge >= 0.3 is 0 Å². The number of fused-ring (bicyclic) bond motifs is 1. The Balaban J connectivity index is 1.98. The molecular weight excluding hydrogens is 142 g/mol. The van der Waals surface area contributed by atoms with E-state index in [0.717, 1.165) is 25.9 Å². The maximum absolute atomic E-state index is 11.0. The number of piperidine rings is 1. The SMILES string of the molecule is O=C1CO[C@H]2CCNC[C@H]2C1. The van der Waals surface area contributed by atoms with Crippen LogP contribution in [0.5, 0.6) is 0 Å². The van der Waals surface area contributed by atoms with Crippen molar-refractivity contribution in [3.63, 3.8) is 0 Å². The minimum Gasteiger partial charge on any atom is -0.370 e. The molecule has 0 amide bonds. The van der Waals surface area contributed by atoms with Crippen LogP contribution in [-0.4, -0.2) is 31.6 Å². The van der Waals surface area contributed by atoms with Crippen molar-refractivity contribution < 1.29 is 9.53 Å². The molecule has 0 saturated carbocycles. The Morgan fingerprint density at radius 1 is 1.55 bits per heavy atom. The lowest BCUT2D eigenvalue weighted by Gasteiger charge is -2.34. The monoisotopic (exact) mass is 155 g/mol. The van der Waals surface area contributed by atoms with Gasteiger partial charge in [0.15, 0.2) is 5.78 Å². The molecule has 2 aliphatic heterocycles. The van der Waals surface area contributed by atoms with Crippen LogP contribution in [-0.2, 0) is 9.53 Å². The van der Waals surface area contributed by atoms with Gasteiger partial charge in [-0.25, -0.2) is 0 Å². The highest BCUT2D eigenvalue weighted by molar-refractivity contribution is 5.80. The predicted octanol–water partition coefficient (Wildman–Crippen LogP) is -0.0461. The average Bonchev–Trinajstić information content (AvgIpc) is 2.04. The molecule has 2 heterocycles. The second-order valence-corrected chi connectivity index (χ2v) is 3.35. The zero-order valence-corrected chi connectivity index (χ0v) is 6.51. The first-order valence-electron chi connectivity index (χ1n) is 4.20. The quantitative estimate of drug-likeness (QED) is 0.533. The Morgan fingerprint density at radius 3 is 3.36 bits per heavy atom. The van der Waals surface area contributed by atoms with Gasteiger partial charge in [0.2, 0.25) is 0 Å². The topological polar surface area (TPSA) is 38.3 Å². The molecule has 3 nitrogen and oxygen atoms in total. The molecule has 2 saturated heterocycles. The summed E-state index contributed by atoms with van der Waals surface area (Å²) in [5.74, 6) is 0.708. The molecule has 0 aromatic rings. The molecule has 2 aliphatic rings. The Kier molecular flexibility index (Phi) is 1.92. The van der Waals surface area contributed by atoms with E-state index in [-0.39, 0.29) is 5.78 Å². The fourth-order valence-electron chi connectivity index (χ4n) is 1.87. The minimum atomic E-state index is 0.259. The number of hydrogen-bond donors (Lipinski definition) is 1. The largest absolute Gasteiger partial charge is 0.370 e. The van der Waals surface area contributed by atoms with Crippen molar-refractivity contribution in [1.29, 1.82) is 0 Å². The van der Waals surface area contributed by atoms with Crippen molar-refractivity contribution in [2.75, 3.05) is 19.7 Å². The Morgan fingerprint density at radius 2 is 2.45 bits per heavy atom. The Bertz CT molecular complexity index is 169. The van der Waals surface area contributed by atoms with Gasteiger partial charge < -0.3 is 10.1 Å². The van der Waals surface area contributed by atoms with Crippen LogP contribution in [0.15, 0.2) is 0 Å². The zero-order valence-electron chi connectivity index (χ0n) is 6.51. The number of carbonyl (C=O) groups excluding carboxylic acids is 1. The molecule has 1 N–H and O–H groups in total. The van der Waals surface area contributed by atoms with Crippen molar-refractivity contribution in [3.05, 3.63) is 0 Å². The molecule has 62 valence electrons. The van der Waals surface area contributed by atoms with Crippen molar-refractivity contribution in [2.45, 2.75) is 18.9 Å². The summed E-state index contributed by atoms with van der Waals surface area (Å²) in [4.78, 5) is 11.0. The van der Waals surface area contributed by atoms with Gasteiger partial charge in [-0.15, -0.1) is 0 Å². The third-order valence-electron chi connectivity index (χ3n) is 2.49. The summed E-state index contributed by atoms with van der Waals surface area (Å²) in [6, 6.07) is 0. The average molecular weight is 155 g/mol. The molecule has 0 radical (unpaired) electrons. The highest BCUT2D eigenvalue weighted by Crippen LogP contribution is 2.22. The molecule has 2 atom stereocenters. The van der Waals surface area contributed by atoms with Gasteiger partial charge in [0.1, 0.15) is 6.61 Å². The third-order valence-corrected chi connectivity index (χ3v) is 2.49. The van der Waals surface area contributed by atoms with Crippen LogP contribution in [0.1, 0.15) is 12.8 Å². The van der Waals surface area contributed by atoms with Crippen LogP contribution in [0.4, 0.5) is 0 Å². The highest BCUT2D eigenvalue weighted by atomic mass is 16.5. The molecule has 11 heavy (non-hydrogen) atoms. The molecule has 2 rings (SSSR count). The lowest BCUT2D eigenvalue weighted by atomic mass is 9.89. The first kappa shape index (κ1) is 7.25. The summed E-state index contributed by atoms with van der Waals surface area (Å²) in [7, 11) is 0. The van der Waals surface area contributed by atoms with Crippen LogP contribution in [0.25, 0.3) is 0 Å². The number of hydrogen-bond acceptors (Lipinski definition) is 3. The molecule has 0 aliphatic carbocycles. The van der Waals surface area contributed by atoms with Gasteiger partial charge in [-0.3, -0.25) is 4.79 Å². The number of ketones is 1. The van der Waals surface area contributed by atoms with E-state index < -0.39 is 0 Å². The lowest BCUT2D eigenvalue weighted by molar-refractivity contribution is -0.137. The molecule has 0 unspecified atom stereocenters. The van der Waals surface area contributed by atoms with E-state index in [9.17, 15) is 4.79 Å². The molecular formula is C8H13NO2. The number of nitrogens with one attached hydrogen (secondary N) is 1. The normalized spacial score (nSPS) is 38.4. The van der Waals surface area contributed by atoms with Gasteiger partial charge in [0, 0.05) is 18.9 Å². The smallest absolute Gasteiger partial charge is 0.158 e. The van der Waals surface area contributed by atoms with Crippen molar-refractivity contribution in [2.24, 2.45) is 5.92 Å². The lowest BCUT2D eigenvalue weighted by Crippen LogP contribution is -2.46. The third kappa shape index (κ3) is 1.44. The first-order chi connectivity index (χ1) is 5.36. The van der Waals surface area contributed by atoms with Gasteiger partial charge in [0.25, 0.3) is 0 Å². The van der Waals surface area contributed by atoms with Crippen LogP contribution in [0.3, 0.4) is 0 Å². The molecule has 0 aromatic carbocycles. The van der Waals surface area contributed by atoms with E-state index in [1.807, 2.05) is 0 Å². The minimum absolute atomic E-state index is 0.259. The summed E-state index contributed by atoms with van der Waals surface area (Å²) >= 11 is 0. The number of rotatable bonds is 0. The summed E-state index contributed by atoms with van der Waals surface area (Å²) in [5, 5.41) is 3.27. The summed E-state index contributed by atoms with van der Waals surface area (Å²) < 4.78 is 5.40. The highest BCUT2D eigenvalue weighted by Gasteiger charge is 2.31. The van der Waals surface area contributed by atoms with Crippen LogP contribution < -0.4 is 5.32 Å². The molecule has 3 heteroatoms. The number of Topliss-reactive ketones (excluding diaryl/α,β-unsaturated/α-hetero) is 1. The second-order valence-electron chi connectivity index (χ2n) is 3.35. The zero-order chi connectivity index (χ0) is 7.68. The van der Waals surface area contributed by atoms with Gasteiger partial charge in [-0.2, -0.15) is 0 Å². The van der Waals surface area contributed by atoms with Gasteiger partial charge in [-0.05, 0) is 13.0 Å². The van der Waals surface area contributed by atoms with E-state index >= 15 is 0 Å². The van der Waals surface area contributed by atoms with E-state index in [0.29, 0.717) is 18.6 Å². The fourth-order valence-corrected chi connectivity index (χ4v) is 1.87. The van der Waals surface area contributed by atoms with Crippen LogP contribution in [0, 0.1) is 5.92 Å². The predicted molar refractivity (Wildman–Crippen MR) is 40.3 cm³/mol. The van der Waals surface area contributed by atoms with Crippen molar-refractivity contribution >= 4 is 5.78 Å². The number of carbonyl (C=O) groups is 1. The summed E-state index contributed by atoms with van der Waals surface area (Å²) in [6.07, 6.45) is 2.14. The molecule has 0 aromatic heterocycles. The maximum Gasteiger partial charge on any atom is 0.158 e. The van der Waals surface area contributed by atoms with E-state index in [4.69, 9.17) is 4.74 Å². The first-order valence-corrected chi connectivity index (χ1v) is 4.20. The van der Waals surface area contributed by atoms with E-state index in [2.05, 4.69) is 5.32 Å². The van der Waals surface area contributed by atoms with Crippen molar-refractivity contribution in [3.8, 4) is 0 Å². The molecule has 0 bridgehead atoms. The van der Waals surface area contributed by atoms with Gasteiger partial charge in [-0.1, -0.05) is 0 Å². The Labute approximate surface area is 66.1 Å². The summed E-state index contributed by atoms with van der Waals surface area (Å²) in [6.45, 7) is 2.34.